The third kappa shape index (κ3) is 4.37. The van der Waals surface area contributed by atoms with Gasteiger partial charge >= 0.3 is 0 Å². The molecule has 0 saturated carbocycles. The summed E-state index contributed by atoms with van der Waals surface area (Å²) in [5.74, 6) is 2.35. The van der Waals surface area contributed by atoms with Crippen LogP contribution in [0.25, 0.3) is 22.4 Å². The zero-order valence-corrected chi connectivity index (χ0v) is 18.3. The van der Waals surface area contributed by atoms with E-state index in [9.17, 15) is 4.79 Å². The number of aromatic nitrogens is 2. The molecule has 164 valence electrons. The number of ether oxygens (including phenoxy) is 3. The van der Waals surface area contributed by atoms with Gasteiger partial charge in [-0.05, 0) is 42.3 Å². The lowest BCUT2D eigenvalue weighted by Crippen LogP contribution is -2.12. The van der Waals surface area contributed by atoms with Crippen molar-refractivity contribution in [1.82, 2.24) is 9.97 Å². The van der Waals surface area contributed by atoms with Crippen LogP contribution in [-0.2, 0) is 11.2 Å². The predicted molar refractivity (Wildman–Crippen MR) is 125 cm³/mol. The summed E-state index contributed by atoms with van der Waals surface area (Å²) in [5.41, 5.74) is 4.37. The summed E-state index contributed by atoms with van der Waals surface area (Å²) in [6, 6.07) is 19.2. The largest absolute Gasteiger partial charge is 0.493 e. The molecule has 0 aliphatic heterocycles. The molecule has 0 fully saturated rings. The molecular formula is C25H25N3O4. The molecule has 4 rings (SSSR count). The van der Waals surface area contributed by atoms with E-state index < -0.39 is 0 Å². The molecule has 0 radical (unpaired) electrons. The maximum Gasteiger partial charge on any atom is 0.224 e. The minimum Gasteiger partial charge on any atom is -0.493 e. The van der Waals surface area contributed by atoms with Crippen LogP contribution in [0.5, 0.6) is 17.2 Å². The molecule has 0 aliphatic rings. The van der Waals surface area contributed by atoms with Gasteiger partial charge in [0.25, 0.3) is 0 Å². The summed E-state index contributed by atoms with van der Waals surface area (Å²) in [4.78, 5) is 20.6. The van der Waals surface area contributed by atoms with Crippen LogP contribution in [0.15, 0.2) is 60.7 Å². The maximum atomic E-state index is 12.6. The lowest BCUT2D eigenvalue weighted by molar-refractivity contribution is -0.116. The molecule has 7 heteroatoms. The van der Waals surface area contributed by atoms with Gasteiger partial charge in [-0.25, -0.2) is 4.98 Å². The van der Waals surface area contributed by atoms with Crippen LogP contribution < -0.4 is 19.5 Å². The van der Waals surface area contributed by atoms with E-state index in [4.69, 9.17) is 14.2 Å². The average Bonchev–Trinajstić information content (AvgIpc) is 3.26. The van der Waals surface area contributed by atoms with Crippen molar-refractivity contribution >= 4 is 22.6 Å². The van der Waals surface area contributed by atoms with Crippen molar-refractivity contribution in [2.45, 2.75) is 12.8 Å². The summed E-state index contributed by atoms with van der Waals surface area (Å²) in [5, 5.41) is 2.97. The molecule has 7 nitrogen and oxygen atoms in total. The van der Waals surface area contributed by atoms with Gasteiger partial charge < -0.3 is 24.5 Å². The molecule has 0 atom stereocenters. The Bertz CT molecular complexity index is 1220. The highest BCUT2D eigenvalue weighted by Gasteiger charge is 2.16. The number of nitrogens with zero attached hydrogens (tertiary/aromatic N) is 1. The summed E-state index contributed by atoms with van der Waals surface area (Å²) < 4.78 is 16.2. The maximum absolute atomic E-state index is 12.6. The van der Waals surface area contributed by atoms with E-state index in [1.807, 2.05) is 60.7 Å². The SMILES string of the molecule is COc1ccc(CCC(=O)Nc2cccc(-c3nc4ccccc4[nH]3)c2)c(OC)c1OC. The Morgan fingerprint density at radius 2 is 1.75 bits per heavy atom. The molecule has 0 unspecified atom stereocenters. The van der Waals surface area contributed by atoms with Crippen molar-refractivity contribution in [3.8, 4) is 28.6 Å². The summed E-state index contributed by atoms with van der Waals surface area (Å²) in [7, 11) is 4.71. The highest BCUT2D eigenvalue weighted by molar-refractivity contribution is 5.91. The molecule has 0 bridgehead atoms. The van der Waals surface area contributed by atoms with Crippen molar-refractivity contribution in [3.63, 3.8) is 0 Å². The molecule has 1 heterocycles. The van der Waals surface area contributed by atoms with Crippen molar-refractivity contribution < 1.29 is 19.0 Å². The average molecular weight is 431 g/mol. The molecule has 1 amide bonds. The first kappa shape index (κ1) is 21.2. The lowest BCUT2D eigenvalue weighted by atomic mass is 10.1. The van der Waals surface area contributed by atoms with Crippen molar-refractivity contribution in [3.05, 3.63) is 66.2 Å². The number of hydrogen-bond donors (Lipinski definition) is 2. The highest BCUT2D eigenvalue weighted by Crippen LogP contribution is 2.40. The van der Waals surface area contributed by atoms with Crippen LogP contribution in [-0.4, -0.2) is 37.2 Å². The fourth-order valence-corrected chi connectivity index (χ4v) is 3.67. The number of rotatable bonds is 8. The van der Waals surface area contributed by atoms with Gasteiger partial charge in [0.05, 0.1) is 32.4 Å². The van der Waals surface area contributed by atoms with Gasteiger partial charge in [-0.3, -0.25) is 4.79 Å². The van der Waals surface area contributed by atoms with Crippen LogP contribution in [0.4, 0.5) is 5.69 Å². The number of carbonyl (C=O) groups excluding carboxylic acids is 1. The van der Waals surface area contributed by atoms with E-state index >= 15 is 0 Å². The number of imidazole rings is 1. The van der Waals surface area contributed by atoms with Gasteiger partial charge in [0.15, 0.2) is 11.5 Å². The smallest absolute Gasteiger partial charge is 0.224 e. The van der Waals surface area contributed by atoms with E-state index in [0.29, 0.717) is 35.8 Å². The monoisotopic (exact) mass is 431 g/mol. The fourth-order valence-electron chi connectivity index (χ4n) is 3.67. The van der Waals surface area contributed by atoms with Crippen molar-refractivity contribution in [2.24, 2.45) is 0 Å². The number of amides is 1. The topological polar surface area (TPSA) is 85.5 Å². The zero-order valence-electron chi connectivity index (χ0n) is 18.3. The Kier molecular flexibility index (Phi) is 6.26. The molecule has 3 aromatic carbocycles. The number of carbonyl (C=O) groups is 1. The standard InChI is InChI=1S/C25H25N3O4/c1-30-21-13-11-16(23(31-2)24(21)32-3)12-14-22(29)26-18-8-6-7-17(15-18)25-27-19-9-4-5-10-20(19)28-25/h4-11,13,15H,12,14H2,1-3H3,(H,26,29)(H,27,28). The number of H-pyrrole nitrogens is 1. The molecular weight excluding hydrogens is 406 g/mol. The molecule has 32 heavy (non-hydrogen) atoms. The second-order valence-corrected chi connectivity index (χ2v) is 7.22. The number of benzene rings is 3. The van der Waals surface area contributed by atoms with E-state index in [-0.39, 0.29) is 5.91 Å². The van der Waals surface area contributed by atoms with Crippen molar-refractivity contribution in [2.75, 3.05) is 26.6 Å². The Balaban J connectivity index is 1.45. The lowest BCUT2D eigenvalue weighted by Gasteiger charge is -2.15. The number of hydrogen-bond acceptors (Lipinski definition) is 5. The number of methoxy groups -OCH3 is 3. The van der Waals surface area contributed by atoms with Crippen LogP contribution in [0.1, 0.15) is 12.0 Å². The zero-order chi connectivity index (χ0) is 22.5. The molecule has 2 N–H and O–H groups in total. The summed E-state index contributed by atoms with van der Waals surface area (Å²) in [6.45, 7) is 0. The van der Waals surface area contributed by atoms with Gasteiger partial charge in [-0.15, -0.1) is 0 Å². The molecule has 0 saturated heterocycles. The van der Waals surface area contributed by atoms with Gasteiger partial charge in [0.1, 0.15) is 5.82 Å². The minimum atomic E-state index is -0.0939. The van der Waals surface area contributed by atoms with Gasteiger partial charge in [-0.2, -0.15) is 0 Å². The summed E-state index contributed by atoms with van der Waals surface area (Å²) >= 11 is 0. The Hall–Kier alpha value is -4.00. The van der Waals surface area contributed by atoms with Gasteiger partial charge in [-0.1, -0.05) is 30.3 Å². The first-order chi connectivity index (χ1) is 15.6. The van der Waals surface area contributed by atoms with Crippen LogP contribution in [0, 0.1) is 0 Å². The Morgan fingerprint density at radius 3 is 2.50 bits per heavy atom. The first-order valence-corrected chi connectivity index (χ1v) is 10.3. The van der Waals surface area contributed by atoms with Crippen LogP contribution >= 0.6 is 0 Å². The number of para-hydroxylation sites is 2. The Labute approximate surface area is 186 Å². The van der Waals surface area contributed by atoms with Gasteiger partial charge in [0, 0.05) is 17.7 Å². The normalized spacial score (nSPS) is 10.7. The number of nitrogens with one attached hydrogen (secondary N) is 2. The van der Waals surface area contributed by atoms with Crippen LogP contribution in [0.3, 0.4) is 0 Å². The van der Waals surface area contributed by atoms with Crippen LogP contribution in [0.2, 0.25) is 0 Å². The number of aryl methyl sites for hydroxylation is 1. The quantitative estimate of drug-likeness (QED) is 0.417. The van der Waals surface area contributed by atoms with E-state index in [1.54, 1.807) is 21.3 Å². The molecule has 0 aliphatic carbocycles. The fraction of sp³-hybridized carbons (Fsp3) is 0.200. The Morgan fingerprint density at radius 1 is 0.938 bits per heavy atom. The molecule has 4 aromatic rings. The third-order valence-electron chi connectivity index (χ3n) is 5.22. The second-order valence-electron chi connectivity index (χ2n) is 7.22. The van der Waals surface area contributed by atoms with Gasteiger partial charge in [0.2, 0.25) is 11.7 Å². The summed E-state index contributed by atoms with van der Waals surface area (Å²) in [6.07, 6.45) is 0.791. The predicted octanol–water partition coefficient (Wildman–Crippen LogP) is 4.83. The first-order valence-electron chi connectivity index (χ1n) is 10.3. The molecule has 1 aromatic heterocycles. The number of anilines is 1. The van der Waals surface area contributed by atoms with E-state index in [1.165, 1.54) is 0 Å². The third-order valence-corrected chi connectivity index (χ3v) is 5.22. The van der Waals surface area contributed by atoms with E-state index in [0.717, 1.165) is 28.0 Å². The number of fused-ring (bicyclic) bond motifs is 1. The molecule has 0 spiro atoms. The van der Waals surface area contributed by atoms with E-state index in [2.05, 4.69) is 15.3 Å². The minimum absolute atomic E-state index is 0.0939. The second kappa shape index (κ2) is 9.43. The highest BCUT2D eigenvalue weighted by atomic mass is 16.5. The van der Waals surface area contributed by atoms with Crippen molar-refractivity contribution in [1.29, 1.82) is 0 Å². The number of aromatic amines is 1.